The Labute approximate surface area is 178 Å². The van der Waals surface area contributed by atoms with E-state index in [1.54, 1.807) is 0 Å². The first kappa shape index (κ1) is 21.9. The van der Waals surface area contributed by atoms with Gasteiger partial charge in [-0.25, -0.2) is 0 Å². The van der Waals surface area contributed by atoms with Crippen molar-refractivity contribution in [3.8, 4) is 5.75 Å². The number of nitrogens with zero attached hydrogens (tertiary/aromatic N) is 1. The topological polar surface area (TPSA) is 12.5 Å². The van der Waals surface area contributed by atoms with Gasteiger partial charge in [-0.15, -0.1) is 0 Å². The molecule has 0 aliphatic carbocycles. The lowest BCUT2D eigenvalue weighted by molar-refractivity contribution is -0.0128. The number of hydrogen-bond donors (Lipinski definition) is 0. The Hall–Kier alpha value is -1.80. The van der Waals surface area contributed by atoms with Crippen LogP contribution in [0.3, 0.4) is 0 Å². The summed E-state index contributed by atoms with van der Waals surface area (Å²) in [5, 5.41) is 0. The van der Waals surface area contributed by atoms with Crippen LogP contribution in [-0.4, -0.2) is 23.0 Å². The van der Waals surface area contributed by atoms with E-state index in [0.29, 0.717) is 12.5 Å². The zero-order chi connectivity index (χ0) is 21.1. The van der Waals surface area contributed by atoms with Gasteiger partial charge in [-0.1, -0.05) is 49.7 Å². The number of aryl methyl sites for hydroxylation is 1. The molecule has 1 fully saturated rings. The van der Waals surface area contributed by atoms with E-state index in [4.69, 9.17) is 4.74 Å². The third-order valence-electron chi connectivity index (χ3n) is 6.91. The summed E-state index contributed by atoms with van der Waals surface area (Å²) in [5.74, 6) is 1.55. The van der Waals surface area contributed by atoms with Crippen LogP contribution in [0.15, 0.2) is 48.5 Å². The molecule has 158 valence electrons. The van der Waals surface area contributed by atoms with Crippen molar-refractivity contribution in [2.75, 3.05) is 7.05 Å². The van der Waals surface area contributed by atoms with Crippen LogP contribution in [0.25, 0.3) is 0 Å². The summed E-state index contributed by atoms with van der Waals surface area (Å²) in [6.07, 6.45) is 6.06. The third-order valence-corrected chi connectivity index (χ3v) is 6.91. The fourth-order valence-electron chi connectivity index (χ4n) is 4.79. The van der Waals surface area contributed by atoms with Gasteiger partial charge in [0.1, 0.15) is 12.4 Å². The lowest BCUT2D eigenvalue weighted by Crippen LogP contribution is -2.58. The molecule has 1 aliphatic rings. The van der Waals surface area contributed by atoms with E-state index in [0.717, 1.165) is 5.75 Å². The molecule has 2 aromatic carbocycles. The lowest BCUT2D eigenvalue weighted by Gasteiger charge is -2.54. The van der Waals surface area contributed by atoms with Gasteiger partial charge in [0, 0.05) is 11.1 Å². The van der Waals surface area contributed by atoms with Crippen LogP contribution in [0.2, 0.25) is 0 Å². The summed E-state index contributed by atoms with van der Waals surface area (Å²) in [7, 11) is 2.27. The fraction of sp³-hybridized carbons (Fsp3) is 0.556. The molecule has 0 amide bonds. The van der Waals surface area contributed by atoms with Crippen LogP contribution >= 0.6 is 0 Å². The largest absolute Gasteiger partial charge is 0.489 e. The first-order valence-corrected chi connectivity index (χ1v) is 11.3. The van der Waals surface area contributed by atoms with Crippen molar-refractivity contribution in [3.63, 3.8) is 0 Å². The normalized spacial score (nSPS) is 19.2. The van der Waals surface area contributed by atoms with E-state index in [-0.39, 0.29) is 11.1 Å². The molecular weight excluding hydrogens is 354 g/mol. The number of rotatable bonds is 7. The van der Waals surface area contributed by atoms with Crippen molar-refractivity contribution in [2.45, 2.75) is 90.3 Å². The minimum absolute atomic E-state index is 0.213. The minimum Gasteiger partial charge on any atom is -0.489 e. The quantitative estimate of drug-likeness (QED) is 0.503. The summed E-state index contributed by atoms with van der Waals surface area (Å²) in [4.78, 5) is 2.54. The highest BCUT2D eigenvalue weighted by atomic mass is 16.5. The lowest BCUT2D eigenvalue weighted by atomic mass is 9.72. The standard InChI is InChI=1S/C27H39NO/c1-7-8-9-21-10-12-22(13-11-21)20-29-25-16-14-23(15-17-25)24-18-26(2,3)28(6)27(4,5)19-24/h10-17,24H,7-9,18-20H2,1-6H3. The van der Waals surface area contributed by atoms with Crippen molar-refractivity contribution in [2.24, 2.45) is 0 Å². The summed E-state index contributed by atoms with van der Waals surface area (Å²) in [6, 6.07) is 17.7. The first-order chi connectivity index (χ1) is 13.7. The van der Waals surface area contributed by atoms with Crippen molar-refractivity contribution in [1.29, 1.82) is 0 Å². The fourth-order valence-corrected chi connectivity index (χ4v) is 4.79. The van der Waals surface area contributed by atoms with Gasteiger partial charge < -0.3 is 4.74 Å². The van der Waals surface area contributed by atoms with Crippen LogP contribution in [0.5, 0.6) is 5.75 Å². The molecule has 2 heteroatoms. The Morgan fingerprint density at radius 1 is 0.862 bits per heavy atom. The zero-order valence-electron chi connectivity index (χ0n) is 19.3. The highest BCUT2D eigenvalue weighted by Gasteiger charge is 2.43. The second-order valence-corrected chi connectivity index (χ2v) is 10.1. The molecular formula is C27H39NO. The Morgan fingerprint density at radius 2 is 1.41 bits per heavy atom. The van der Waals surface area contributed by atoms with E-state index < -0.39 is 0 Å². The van der Waals surface area contributed by atoms with Crippen molar-refractivity contribution in [1.82, 2.24) is 4.90 Å². The van der Waals surface area contributed by atoms with Gasteiger partial charge in [0.2, 0.25) is 0 Å². The van der Waals surface area contributed by atoms with Crippen molar-refractivity contribution in [3.05, 3.63) is 65.2 Å². The van der Waals surface area contributed by atoms with Gasteiger partial charge in [0.15, 0.2) is 0 Å². The second kappa shape index (κ2) is 8.92. The molecule has 2 nitrogen and oxygen atoms in total. The highest BCUT2D eigenvalue weighted by Crippen LogP contribution is 2.44. The number of likely N-dealkylation sites (tertiary alicyclic amines) is 1. The molecule has 0 N–H and O–H groups in total. The maximum absolute atomic E-state index is 6.05. The average molecular weight is 394 g/mol. The molecule has 0 aromatic heterocycles. The monoisotopic (exact) mass is 393 g/mol. The molecule has 0 radical (unpaired) electrons. The van der Waals surface area contributed by atoms with Gasteiger partial charge in [-0.3, -0.25) is 4.90 Å². The Balaban J connectivity index is 1.59. The average Bonchev–Trinajstić information content (AvgIpc) is 2.69. The van der Waals surface area contributed by atoms with Crippen molar-refractivity contribution < 1.29 is 4.74 Å². The molecule has 0 unspecified atom stereocenters. The smallest absolute Gasteiger partial charge is 0.119 e. The number of piperidine rings is 1. The zero-order valence-corrected chi connectivity index (χ0v) is 19.3. The number of unbranched alkanes of at least 4 members (excludes halogenated alkanes) is 1. The second-order valence-electron chi connectivity index (χ2n) is 10.1. The van der Waals surface area contributed by atoms with Gasteiger partial charge in [0.05, 0.1) is 0 Å². The summed E-state index contributed by atoms with van der Waals surface area (Å²) in [6.45, 7) is 12.3. The highest BCUT2D eigenvalue weighted by molar-refractivity contribution is 5.31. The first-order valence-electron chi connectivity index (χ1n) is 11.3. The van der Waals surface area contributed by atoms with Crippen LogP contribution in [0, 0.1) is 0 Å². The summed E-state index contributed by atoms with van der Waals surface area (Å²) < 4.78 is 6.05. The maximum atomic E-state index is 6.05. The molecule has 0 saturated carbocycles. The predicted molar refractivity (Wildman–Crippen MR) is 124 cm³/mol. The van der Waals surface area contributed by atoms with Gasteiger partial charge >= 0.3 is 0 Å². The van der Waals surface area contributed by atoms with E-state index in [2.05, 4.69) is 95.1 Å². The van der Waals surface area contributed by atoms with Crippen LogP contribution in [0.1, 0.15) is 82.9 Å². The Morgan fingerprint density at radius 3 is 1.97 bits per heavy atom. The van der Waals surface area contributed by atoms with Gasteiger partial charge in [-0.2, -0.15) is 0 Å². The molecule has 29 heavy (non-hydrogen) atoms. The van der Waals surface area contributed by atoms with Crippen molar-refractivity contribution >= 4 is 0 Å². The van der Waals surface area contributed by atoms with Gasteiger partial charge in [0.25, 0.3) is 0 Å². The van der Waals surface area contributed by atoms with Crippen LogP contribution in [0.4, 0.5) is 0 Å². The molecule has 1 heterocycles. The van der Waals surface area contributed by atoms with E-state index in [9.17, 15) is 0 Å². The van der Waals surface area contributed by atoms with E-state index >= 15 is 0 Å². The number of ether oxygens (including phenoxy) is 1. The molecule has 0 spiro atoms. The van der Waals surface area contributed by atoms with Crippen LogP contribution in [-0.2, 0) is 13.0 Å². The predicted octanol–water partition coefficient (Wildman–Crippen LogP) is 6.97. The SMILES string of the molecule is CCCCc1ccc(COc2ccc(C3CC(C)(C)N(C)C(C)(C)C3)cc2)cc1. The molecule has 0 bridgehead atoms. The number of benzene rings is 2. The Bertz CT molecular complexity index is 755. The maximum Gasteiger partial charge on any atom is 0.119 e. The summed E-state index contributed by atoms with van der Waals surface area (Å²) >= 11 is 0. The molecule has 1 saturated heterocycles. The summed E-state index contributed by atoms with van der Waals surface area (Å²) in [5.41, 5.74) is 4.51. The molecule has 0 atom stereocenters. The minimum atomic E-state index is 0.213. The van der Waals surface area contributed by atoms with Gasteiger partial charge in [-0.05, 0) is 95.2 Å². The molecule has 2 aromatic rings. The third kappa shape index (κ3) is 5.42. The molecule has 1 aliphatic heterocycles. The van der Waals surface area contributed by atoms with E-state index in [1.807, 2.05) is 0 Å². The van der Waals surface area contributed by atoms with Crippen LogP contribution < -0.4 is 4.74 Å². The molecule has 3 rings (SSSR count). The van der Waals surface area contributed by atoms with E-state index in [1.165, 1.54) is 48.8 Å². The Kier molecular flexibility index (Phi) is 6.73. The number of hydrogen-bond acceptors (Lipinski definition) is 2.